The summed E-state index contributed by atoms with van der Waals surface area (Å²) in [5, 5.41) is 9.06. The summed E-state index contributed by atoms with van der Waals surface area (Å²) in [6, 6.07) is 8.43. The molecule has 0 spiro atoms. The Kier molecular flexibility index (Phi) is 4.14. The smallest absolute Gasteiger partial charge is 0.0841 e. The Labute approximate surface area is 110 Å². The molecule has 0 aliphatic carbocycles. The van der Waals surface area contributed by atoms with Gasteiger partial charge >= 0.3 is 0 Å². The zero-order valence-electron chi connectivity index (χ0n) is 11.0. The van der Waals surface area contributed by atoms with Gasteiger partial charge in [0.1, 0.15) is 0 Å². The first-order chi connectivity index (χ1) is 8.58. The van der Waals surface area contributed by atoms with Crippen LogP contribution in [0.25, 0.3) is 10.9 Å². The van der Waals surface area contributed by atoms with Crippen molar-refractivity contribution < 1.29 is 4.21 Å². The number of para-hydroxylation sites is 1. The minimum Gasteiger partial charge on any atom is -0.308 e. The quantitative estimate of drug-likeness (QED) is 0.889. The van der Waals surface area contributed by atoms with Crippen LogP contribution < -0.4 is 5.32 Å². The summed E-state index contributed by atoms with van der Waals surface area (Å²) >= 11 is 0. The maximum absolute atomic E-state index is 11.1. The van der Waals surface area contributed by atoms with E-state index in [0.29, 0.717) is 12.3 Å². The summed E-state index contributed by atoms with van der Waals surface area (Å²) in [6.45, 7) is 2.76. The fourth-order valence-corrected chi connectivity index (χ4v) is 2.92. The first-order valence-electron chi connectivity index (χ1n) is 6.02. The van der Waals surface area contributed by atoms with Crippen molar-refractivity contribution in [3.05, 3.63) is 30.0 Å². The monoisotopic (exact) mass is 265 g/mol. The molecule has 2 rings (SSSR count). The third-order valence-corrected chi connectivity index (χ3v) is 3.91. The van der Waals surface area contributed by atoms with Gasteiger partial charge in [-0.15, -0.1) is 0 Å². The second-order valence-electron chi connectivity index (χ2n) is 4.61. The summed E-state index contributed by atoms with van der Waals surface area (Å²) in [5.74, 6) is 0.671. The van der Waals surface area contributed by atoms with Gasteiger partial charge in [0.25, 0.3) is 0 Å². The standard InChI is InChI=1S/C13H19N3OS/c1-10(9-18(3)17)14-8-12-11-6-4-5-7-13(11)16(2)15-12/h4-7,10,14H,8-9H2,1-3H3. The van der Waals surface area contributed by atoms with Crippen molar-refractivity contribution in [3.8, 4) is 0 Å². The minimum absolute atomic E-state index is 0.233. The van der Waals surface area contributed by atoms with Gasteiger partial charge in [0.2, 0.25) is 0 Å². The lowest BCUT2D eigenvalue weighted by Crippen LogP contribution is -2.30. The van der Waals surface area contributed by atoms with Crippen molar-refractivity contribution in [2.75, 3.05) is 12.0 Å². The van der Waals surface area contributed by atoms with Gasteiger partial charge in [0.15, 0.2) is 0 Å². The number of nitrogens with one attached hydrogen (secondary N) is 1. The lowest BCUT2D eigenvalue weighted by molar-refractivity contribution is 0.576. The van der Waals surface area contributed by atoms with Crippen molar-refractivity contribution in [1.29, 1.82) is 0 Å². The number of hydrogen-bond acceptors (Lipinski definition) is 3. The fraction of sp³-hybridized carbons (Fsp3) is 0.462. The molecule has 2 unspecified atom stereocenters. The number of nitrogens with zero attached hydrogens (tertiary/aromatic N) is 2. The Bertz CT molecular complexity index is 564. The van der Waals surface area contributed by atoms with Gasteiger partial charge in [-0.1, -0.05) is 18.2 Å². The highest BCUT2D eigenvalue weighted by Gasteiger charge is 2.09. The van der Waals surface area contributed by atoms with Crippen molar-refractivity contribution >= 4 is 21.7 Å². The lowest BCUT2D eigenvalue weighted by Gasteiger charge is -2.10. The molecule has 1 aromatic carbocycles. The fourth-order valence-electron chi connectivity index (χ4n) is 2.10. The molecule has 2 aromatic rings. The molecule has 0 fully saturated rings. The molecule has 1 heterocycles. The van der Waals surface area contributed by atoms with Crippen molar-refractivity contribution in [3.63, 3.8) is 0 Å². The lowest BCUT2D eigenvalue weighted by atomic mass is 10.2. The first kappa shape index (κ1) is 13.2. The first-order valence-corrected chi connectivity index (χ1v) is 7.74. The van der Waals surface area contributed by atoms with E-state index in [4.69, 9.17) is 0 Å². The van der Waals surface area contributed by atoms with Crippen LogP contribution in [0.3, 0.4) is 0 Å². The summed E-state index contributed by atoms with van der Waals surface area (Å²) < 4.78 is 13.0. The maximum atomic E-state index is 11.1. The maximum Gasteiger partial charge on any atom is 0.0841 e. The average Bonchev–Trinajstić information content (AvgIpc) is 2.64. The normalized spacial score (nSPS) is 14.8. The summed E-state index contributed by atoms with van der Waals surface area (Å²) in [6.07, 6.45) is 1.73. The van der Waals surface area contributed by atoms with Crippen LogP contribution in [0.15, 0.2) is 24.3 Å². The molecular formula is C13H19N3OS. The summed E-state index contributed by atoms with van der Waals surface area (Å²) in [5.41, 5.74) is 2.18. The van der Waals surface area contributed by atoms with E-state index in [2.05, 4.69) is 22.5 Å². The molecule has 1 aromatic heterocycles. The number of aryl methyl sites for hydroxylation is 1. The Morgan fingerprint density at radius 1 is 1.44 bits per heavy atom. The number of benzene rings is 1. The van der Waals surface area contributed by atoms with Crippen LogP contribution in [0.1, 0.15) is 12.6 Å². The molecular weight excluding hydrogens is 246 g/mol. The van der Waals surface area contributed by atoms with Crippen molar-refractivity contribution in [1.82, 2.24) is 15.1 Å². The third-order valence-electron chi connectivity index (χ3n) is 2.94. The molecule has 4 nitrogen and oxygen atoms in total. The number of fused-ring (bicyclic) bond motifs is 1. The van der Waals surface area contributed by atoms with Gasteiger partial charge in [0, 0.05) is 47.8 Å². The second kappa shape index (κ2) is 5.63. The van der Waals surface area contributed by atoms with E-state index >= 15 is 0 Å². The number of hydrogen-bond donors (Lipinski definition) is 1. The molecule has 0 amide bonds. The van der Waals surface area contributed by atoms with Gasteiger partial charge in [-0.3, -0.25) is 8.89 Å². The van der Waals surface area contributed by atoms with E-state index in [-0.39, 0.29) is 6.04 Å². The molecule has 5 heteroatoms. The SMILES string of the molecule is CC(CS(C)=O)NCc1nn(C)c2ccccc12. The molecule has 0 bridgehead atoms. The molecule has 0 radical (unpaired) electrons. The molecule has 0 saturated heterocycles. The predicted octanol–water partition coefficient (Wildman–Crippen LogP) is 1.43. The van der Waals surface area contributed by atoms with Gasteiger partial charge in [0.05, 0.1) is 11.2 Å². The molecule has 18 heavy (non-hydrogen) atoms. The van der Waals surface area contributed by atoms with Crippen LogP contribution in [-0.4, -0.2) is 32.0 Å². The van der Waals surface area contributed by atoms with Crippen molar-refractivity contribution in [2.45, 2.75) is 19.5 Å². The largest absolute Gasteiger partial charge is 0.308 e. The Morgan fingerprint density at radius 2 is 2.17 bits per heavy atom. The molecule has 0 aliphatic heterocycles. The molecule has 0 saturated carbocycles. The zero-order chi connectivity index (χ0) is 13.1. The number of aromatic nitrogens is 2. The van der Waals surface area contributed by atoms with E-state index in [0.717, 1.165) is 11.2 Å². The van der Waals surface area contributed by atoms with E-state index < -0.39 is 10.8 Å². The van der Waals surface area contributed by atoms with Crippen LogP contribution in [0, 0.1) is 0 Å². The van der Waals surface area contributed by atoms with Gasteiger partial charge in [-0.25, -0.2) is 0 Å². The molecule has 0 aliphatic rings. The van der Waals surface area contributed by atoms with E-state index in [1.165, 1.54) is 5.39 Å². The highest BCUT2D eigenvalue weighted by atomic mass is 32.2. The third kappa shape index (κ3) is 2.97. The van der Waals surface area contributed by atoms with Gasteiger partial charge in [-0.05, 0) is 13.0 Å². The topological polar surface area (TPSA) is 46.9 Å². The van der Waals surface area contributed by atoms with E-state index in [1.54, 1.807) is 6.26 Å². The van der Waals surface area contributed by atoms with Crippen LogP contribution in [0.4, 0.5) is 0 Å². The Balaban J connectivity index is 2.10. The zero-order valence-corrected chi connectivity index (χ0v) is 11.8. The minimum atomic E-state index is -0.764. The highest BCUT2D eigenvalue weighted by Crippen LogP contribution is 2.17. The van der Waals surface area contributed by atoms with Gasteiger partial charge < -0.3 is 5.32 Å². The van der Waals surface area contributed by atoms with E-state index in [1.807, 2.05) is 30.8 Å². The van der Waals surface area contributed by atoms with Crippen LogP contribution in [0.2, 0.25) is 0 Å². The van der Waals surface area contributed by atoms with Crippen LogP contribution in [-0.2, 0) is 24.4 Å². The van der Waals surface area contributed by atoms with Crippen molar-refractivity contribution in [2.24, 2.45) is 7.05 Å². The van der Waals surface area contributed by atoms with Crippen LogP contribution in [0.5, 0.6) is 0 Å². The average molecular weight is 265 g/mol. The Hall–Kier alpha value is -1.20. The molecule has 2 atom stereocenters. The summed E-state index contributed by atoms with van der Waals surface area (Å²) in [7, 11) is 1.19. The predicted molar refractivity (Wildman–Crippen MR) is 75.9 cm³/mol. The number of rotatable bonds is 5. The van der Waals surface area contributed by atoms with E-state index in [9.17, 15) is 4.21 Å². The van der Waals surface area contributed by atoms with Gasteiger partial charge in [-0.2, -0.15) is 5.10 Å². The van der Waals surface area contributed by atoms with Crippen LogP contribution >= 0.6 is 0 Å². The Morgan fingerprint density at radius 3 is 2.89 bits per heavy atom. The molecule has 1 N–H and O–H groups in total. The second-order valence-corrected chi connectivity index (χ2v) is 6.09. The molecule has 98 valence electrons. The highest BCUT2D eigenvalue weighted by molar-refractivity contribution is 7.84. The summed E-state index contributed by atoms with van der Waals surface area (Å²) in [4.78, 5) is 0.